The maximum atomic E-state index is 12.1. The van der Waals surface area contributed by atoms with Gasteiger partial charge >= 0.3 is 18.9 Å². The minimum absolute atomic E-state index is 0. The third kappa shape index (κ3) is 6.59. The Morgan fingerprint density at radius 1 is 1.23 bits per heavy atom. The van der Waals surface area contributed by atoms with E-state index in [1.54, 1.807) is 19.2 Å². The predicted molar refractivity (Wildman–Crippen MR) is 113 cm³/mol. The summed E-state index contributed by atoms with van der Waals surface area (Å²) in [5.41, 5.74) is 3.60. The van der Waals surface area contributed by atoms with Crippen LogP contribution in [0.15, 0.2) is 48.5 Å². The summed E-state index contributed by atoms with van der Waals surface area (Å²) in [6.07, 6.45) is 1.27. The maximum Gasteiger partial charge on any atom is 1.00 e. The number of hydrogen-bond acceptors (Lipinski definition) is 5. The second kappa shape index (κ2) is 11.9. The summed E-state index contributed by atoms with van der Waals surface area (Å²) >= 11 is 5.97. The van der Waals surface area contributed by atoms with Gasteiger partial charge < -0.3 is 14.6 Å². The molecule has 3 rings (SSSR count). The number of rotatable bonds is 9. The Kier molecular flexibility index (Phi) is 9.90. The average Bonchev–Trinajstić information content (AvgIpc) is 2.71. The molecule has 0 radical (unpaired) electrons. The fourth-order valence-corrected chi connectivity index (χ4v) is 4.11. The molecule has 2 aromatic rings. The fraction of sp³-hybridized carbons (Fsp3) is 0.435. The quantitative estimate of drug-likeness (QED) is 0.486. The Balaban J connectivity index is 0.00000320. The van der Waals surface area contributed by atoms with E-state index in [2.05, 4.69) is 36.2 Å². The number of nitrogens with zero attached hydrogens (tertiary/aromatic N) is 2. The van der Waals surface area contributed by atoms with Crippen LogP contribution in [0, 0.1) is 0 Å². The van der Waals surface area contributed by atoms with E-state index in [-0.39, 0.29) is 24.9 Å². The van der Waals surface area contributed by atoms with Gasteiger partial charge in [0, 0.05) is 37.8 Å². The van der Waals surface area contributed by atoms with E-state index in [4.69, 9.17) is 16.3 Å². The van der Waals surface area contributed by atoms with Crippen LogP contribution in [0.1, 0.15) is 16.7 Å². The molecule has 1 aliphatic rings. The van der Waals surface area contributed by atoms with Crippen molar-refractivity contribution < 1.29 is 33.5 Å². The van der Waals surface area contributed by atoms with Gasteiger partial charge in [-0.1, -0.05) is 48.0 Å². The number of fused-ring (bicyclic) bond motifs is 1. The van der Waals surface area contributed by atoms with Crippen molar-refractivity contribution >= 4 is 17.6 Å². The summed E-state index contributed by atoms with van der Waals surface area (Å²) < 4.78 is 5.25. The molecule has 0 saturated heterocycles. The van der Waals surface area contributed by atoms with Crippen LogP contribution in [0.5, 0.6) is 0 Å². The molecule has 0 aromatic heterocycles. The zero-order valence-corrected chi connectivity index (χ0v) is 18.8. The number of carbonyl (C=O) groups is 1. The molecule has 1 heterocycles. The van der Waals surface area contributed by atoms with Gasteiger partial charge in [0.2, 0.25) is 0 Å². The predicted octanol–water partition coefficient (Wildman–Crippen LogP) is -0.990. The zero-order chi connectivity index (χ0) is 20.8. The number of likely N-dealkylation sites (N-methyl/N-ethyl adjacent to an activating group) is 1. The normalized spacial score (nSPS) is 17.3. The molecule has 0 amide bonds. The molecule has 0 unspecified atom stereocenters. The molecule has 0 spiro atoms. The molecule has 7 heteroatoms. The van der Waals surface area contributed by atoms with Gasteiger partial charge in [-0.15, -0.1) is 0 Å². The largest absolute Gasteiger partial charge is 1.00 e. The first-order valence-electron chi connectivity index (χ1n) is 9.93. The van der Waals surface area contributed by atoms with Crippen molar-refractivity contribution in [3.63, 3.8) is 0 Å². The van der Waals surface area contributed by atoms with Crippen LogP contribution < -0.4 is 24.0 Å². The molecule has 5 nitrogen and oxygen atoms in total. The summed E-state index contributed by atoms with van der Waals surface area (Å²) in [4.78, 5) is 16.4. The number of halogens is 1. The summed E-state index contributed by atoms with van der Waals surface area (Å²) in [7, 11) is 3.73. The molecule has 0 fully saturated rings. The third-order valence-electron chi connectivity index (χ3n) is 5.70. The molecule has 30 heavy (non-hydrogen) atoms. The molecule has 0 aliphatic carbocycles. The Labute approximate surface area is 196 Å². The van der Waals surface area contributed by atoms with Gasteiger partial charge in [-0.3, -0.25) is 9.80 Å². The third-order valence-corrected chi connectivity index (χ3v) is 5.95. The fourth-order valence-electron chi connectivity index (χ4n) is 3.98. The number of carboxylic acids is 1. The van der Waals surface area contributed by atoms with E-state index >= 15 is 0 Å². The van der Waals surface area contributed by atoms with E-state index in [9.17, 15) is 9.90 Å². The molecule has 0 bridgehead atoms. The van der Waals surface area contributed by atoms with Gasteiger partial charge in [0.05, 0.1) is 18.6 Å². The Bertz CT molecular complexity index is 818. The minimum Gasteiger partial charge on any atom is -0.548 e. The molecular formula is C23H28ClLiN2O3. The van der Waals surface area contributed by atoms with Crippen molar-refractivity contribution in [1.29, 1.82) is 0 Å². The van der Waals surface area contributed by atoms with Crippen LogP contribution in [0.25, 0.3) is 0 Å². The number of carboxylic acid groups (broad SMARTS) is 1. The van der Waals surface area contributed by atoms with E-state index in [1.165, 1.54) is 11.1 Å². The molecular weight excluding hydrogens is 395 g/mol. The van der Waals surface area contributed by atoms with Gasteiger partial charge in [-0.05, 0) is 48.7 Å². The van der Waals surface area contributed by atoms with E-state index < -0.39 is 12.0 Å². The van der Waals surface area contributed by atoms with E-state index in [1.807, 2.05) is 17.0 Å². The number of benzene rings is 2. The molecule has 2 atom stereocenters. The van der Waals surface area contributed by atoms with Gasteiger partial charge in [0.15, 0.2) is 0 Å². The van der Waals surface area contributed by atoms with Crippen molar-refractivity contribution in [1.82, 2.24) is 9.80 Å². The second-order valence-corrected chi connectivity index (χ2v) is 8.13. The van der Waals surface area contributed by atoms with Gasteiger partial charge in [0.25, 0.3) is 0 Å². The monoisotopic (exact) mass is 422 g/mol. The summed E-state index contributed by atoms with van der Waals surface area (Å²) in [6.45, 7) is 2.51. The smallest absolute Gasteiger partial charge is 0.548 e. The van der Waals surface area contributed by atoms with Crippen molar-refractivity contribution in [2.75, 3.05) is 33.9 Å². The van der Waals surface area contributed by atoms with Crippen LogP contribution in [-0.4, -0.2) is 61.7 Å². The minimum atomic E-state index is -1.06. The Hall–Kier alpha value is -1.32. The SMILES string of the molecule is COCCN(C[C@H]1Cc2ccccc2CN1C)[C@H](Cc1ccc(Cl)cc1)C(=O)[O-].[Li+]. The number of ether oxygens (including phenoxy) is 1. The number of aliphatic carboxylic acids is 1. The van der Waals surface area contributed by atoms with Gasteiger partial charge in [-0.2, -0.15) is 0 Å². The van der Waals surface area contributed by atoms with Crippen LogP contribution in [0.4, 0.5) is 0 Å². The van der Waals surface area contributed by atoms with Crippen LogP contribution >= 0.6 is 11.6 Å². The molecule has 0 N–H and O–H groups in total. The molecule has 2 aromatic carbocycles. The van der Waals surface area contributed by atoms with E-state index in [0.29, 0.717) is 31.1 Å². The van der Waals surface area contributed by atoms with Crippen molar-refractivity contribution in [2.45, 2.75) is 31.5 Å². The van der Waals surface area contributed by atoms with Crippen LogP contribution in [0.3, 0.4) is 0 Å². The topological polar surface area (TPSA) is 55.8 Å². The Morgan fingerprint density at radius 3 is 2.53 bits per heavy atom. The first-order valence-corrected chi connectivity index (χ1v) is 10.3. The van der Waals surface area contributed by atoms with Crippen LogP contribution in [0.2, 0.25) is 5.02 Å². The maximum absolute atomic E-state index is 12.1. The van der Waals surface area contributed by atoms with Crippen LogP contribution in [-0.2, 0) is 28.9 Å². The number of methoxy groups -OCH3 is 1. The molecule has 156 valence electrons. The number of hydrogen-bond donors (Lipinski definition) is 0. The van der Waals surface area contributed by atoms with Crippen molar-refractivity contribution in [3.05, 3.63) is 70.2 Å². The number of carbonyl (C=O) groups excluding carboxylic acids is 1. The van der Waals surface area contributed by atoms with Gasteiger partial charge in [-0.25, -0.2) is 0 Å². The molecule has 1 aliphatic heterocycles. The first kappa shape index (κ1) is 24.9. The van der Waals surface area contributed by atoms with Crippen molar-refractivity contribution in [2.24, 2.45) is 0 Å². The second-order valence-electron chi connectivity index (χ2n) is 7.69. The first-order chi connectivity index (χ1) is 14.0. The summed E-state index contributed by atoms with van der Waals surface area (Å²) in [6, 6.07) is 15.3. The Morgan fingerprint density at radius 2 is 1.90 bits per heavy atom. The molecule has 0 saturated carbocycles. The summed E-state index contributed by atoms with van der Waals surface area (Å²) in [5, 5.41) is 12.7. The summed E-state index contributed by atoms with van der Waals surface area (Å²) in [5.74, 6) is -1.06. The van der Waals surface area contributed by atoms with E-state index in [0.717, 1.165) is 18.5 Å². The van der Waals surface area contributed by atoms with Gasteiger partial charge in [0.1, 0.15) is 0 Å². The standard InChI is InChI=1S/C23H29ClN2O3.Li/c1-25-15-19-6-4-3-5-18(19)14-21(25)16-26(11-12-29-2)22(23(27)28)13-17-7-9-20(24)10-8-17;/h3-10,21-22H,11-16H2,1-2H3,(H,27,28);/q;+1/p-1/t21-,22-;/m1./s1. The zero-order valence-electron chi connectivity index (χ0n) is 18.0. The average molecular weight is 423 g/mol. The van der Waals surface area contributed by atoms with Crippen molar-refractivity contribution in [3.8, 4) is 0 Å².